The van der Waals surface area contributed by atoms with Crippen molar-refractivity contribution in [1.82, 2.24) is 5.32 Å². The zero-order chi connectivity index (χ0) is 13.8. The average molecular weight is 290 g/mol. The van der Waals surface area contributed by atoms with E-state index in [2.05, 4.69) is 5.32 Å². The summed E-state index contributed by atoms with van der Waals surface area (Å²) in [5.41, 5.74) is -0.561. The summed E-state index contributed by atoms with van der Waals surface area (Å²) >= 11 is 7.12. The molecule has 0 aromatic carbocycles. The number of ether oxygens (including phenoxy) is 1. The number of hydrogen-bond donors (Lipinski definition) is 1. The molecule has 0 fully saturated rings. The Bertz CT molecular complexity index is 437. The molecule has 1 N–H and O–H groups in total. The summed E-state index contributed by atoms with van der Waals surface area (Å²) in [6.45, 7) is 5.26. The van der Waals surface area contributed by atoms with Gasteiger partial charge in [0, 0.05) is 11.3 Å². The number of thiophene rings is 1. The summed E-state index contributed by atoms with van der Waals surface area (Å²) in [7, 11) is 0. The summed E-state index contributed by atoms with van der Waals surface area (Å²) in [5.74, 6) is -0.0839. The van der Waals surface area contributed by atoms with Gasteiger partial charge >= 0.3 is 6.09 Å². The third kappa shape index (κ3) is 6.02. The smallest absolute Gasteiger partial charge is 0.408 e. The zero-order valence-corrected chi connectivity index (χ0v) is 12.2. The fourth-order valence-electron chi connectivity index (χ4n) is 1.19. The molecule has 0 radical (unpaired) electrons. The molecule has 1 aromatic rings. The van der Waals surface area contributed by atoms with E-state index in [-0.39, 0.29) is 18.7 Å². The lowest BCUT2D eigenvalue weighted by Crippen LogP contribution is -2.35. The molecule has 0 saturated heterocycles. The summed E-state index contributed by atoms with van der Waals surface area (Å²) in [4.78, 5) is 23.8. The molecular weight excluding hydrogens is 274 g/mol. The number of alkyl carbamates (subject to hydrolysis) is 1. The van der Waals surface area contributed by atoms with Gasteiger partial charge in [-0.15, -0.1) is 11.3 Å². The minimum Gasteiger partial charge on any atom is -0.444 e. The molecule has 1 aromatic heterocycles. The van der Waals surface area contributed by atoms with Crippen molar-refractivity contribution in [2.75, 3.05) is 6.54 Å². The van der Waals surface area contributed by atoms with Crippen LogP contribution in [0.5, 0.6) is 0 Å². The molecule has 0 spiro atoms. The van der Waals surface area contributed by atoms with Crippen molar-refractivity contribution < 1.29 is 14.3 Å². The van der Waals surface area contributed by atoms with E-state index >= 15 is 0 Å². The number of nitrogens with one attached hydrogen (secondary N) is 1. The summed E-state index contributed by atoms with van der Waals surface area (Å²) < 4.78 is 5.67. The van der Waals surface area contributed by atoms with Crippen molar-refractivity contribution in [1.29, 1.82) is 0 Å². The first-order chi connectivity index (χ1) is 8.26. The summed E-state index contributed by atoms with van der Waals surface area (Å²) in [6, 6.07) is 3.55. The second kappa shape index (κ2) is 6.20. The van der Waals surface area contributed by atoms with Gasteiger partial charge in [0.25, 0.3) is 0 Å². The van der Waals surface area contributed by atoms with Crippen LogP contribution in [0.2, 0.25) is 4.34 Å². The normalized spacial score (nSPS) is 11.1. The summed E-state index contributed by atoms with van der Waals surface area (Å²) in [5, 5.41) is 2.43. The van der Waals surface area contributed by atoms with E-state index in [1.165, 1.54) is 11.3 Å². The van der Waals surface area contributed by atoms with E-state index in [1.807, 2.05) is 0 Å². The minimum absolute atomic E-state index is 0.0373. The van der Waals surface area contributed by atoms with Gasteiger partial charge < -0.3 is 10.1 Å². The van der Waals surface area contributed by atoms with Crippen LogP contribution in [0.1, 0.15) is 25.6 Å². The third-order valence-electron chi connectivity index (χ3n) is 1.83. The highest BCUT2D eigenvalue weighted by molar-refractivity contribution is 7.16. The van der Waals surface area contributed by atoms with E-state index < -0.39 is 11.7 Å². The van der Waals surface area contributed by atoms with E-state index in [4.69, 9.17) is 16.3 Å². The first kappa shape index (κ1) is 15.0. The van der Waals surface area contributed by atoms with Crippen molar-refractivity contribution in [2.45, 2.75) is 32.8 Å². The second-order valence-corrected chi connectivity index (χ2v) is 6.58. The number of carbonyl (C=O) groups is 2. The maximum atomic E-state index is 11.6. The molecule has 1 amide bonds. The van der Waals surface area contributed by atoms with Crippen LogP contribution >= 0.6 is 22.9 Å². The Morgan fingerprint density at radius 2 is 2.06 bits per heavy atom. The second-order valence-electron chi connectivity index (χ2n) is 4.78. The number of Topliss-reactive ketones (excluding diaryl/α,β-unsaturated/α-hetero) is 1. The lowest BCUT2D eigenvalue weighted by Gasteiger charge is -2.19. The maximum Gasteiger partial charge on any atom is 0.408 e. The molecule has 1 rings (SSSR count). The monoisotopic (exact) mass is 289 g/mol. The molecule has 0 aliphatic carbocycles. The van der Waals surface area contributed by atoms with Crippen molar-refractivity contribution >= 4 is 34.8 Å². The Balaban J connectivity index is 2.31. The van der Waals surface area contributed by atoms with Gasteiger partial charge in [-0.3, -0.25) is 4.79 Å². The van der Waals surface area contributed by atoms with Gasteiger partial charge in [-0.05, 0) is 32.9 Å². The molecule has 6 heteroatoms. The molecule has 0 aliphatic heterocycles. The molecular formula is C12H16ClNO3S. The average Bonchev–Trinajstić information content (AvgIpc) is 2.58. The molecule has 0 saturated carbocycles. The number of amides is 1. The molecule has 0 unspecified atom stereocenters. The van der Waals surface area contributed by atoms with Crippen LogP contribution in [-0.2, 0) is 16.0 Å². The minimum atomic E-state index is -0.583. The van der Waals surface area contributed by atoms with E-state index in [0.29, 0.717) is 4.34 Å². The molecule has 4 nitrogen and oxygen atoms in total. The molecule has 1 heterocycles. The van der Waals surface area contributed by atoms with Crippen molar-refractivity contribution in [3.05, 3.63) is 21.3 Å². The van der Waals surface area contributed by atoms with Gasteiger partial charge in [-0.25, -0.2) is 4.79 Å². The molecule has 18 heavy (non-hydrogen) atoms. The van der Waals surface area contributed by atoms with Gasteiger partial charge in [0.15, 0.2) is 5.78 Å². The van der Waals surface area contributed by atoms with Crippen molar-refractivity contribution in [3.8, 4) is 0 Å². The Kier molecular flexibility index (Phi) is 5.16. The largest absolute Gasteiger partial charge is 0.444 e. The molecule has 100 valence electrons. The summed E-state index contributed by atoms with van der Waals surface area (Å²) in [6.07, 6.45) is -0.312. The van der Waals surface area contributed by atoms with Gasteiger partial charge in [0.1, 0.15) is 5.60 Å². The highest BCUT2D eigenvalue weighted by atomic mass is 35.5. The Hall–Kier alpha value is -1.07. The Labute approximate surface area is 115 Å². The van der Waals surface area contributed by atoms with E-state index in [1.54, 1.807) is 32.9 Å². The van der Waals surface area contributed by atoms with Crippen LogP contribution in [0.15, 0.2) is 12.1 Å². The van der Waals surface area contributed by atoms with Crippen LogP contribution < -0.4 is 5.32 Å². The number of rotatable bonds is 4. The maximum absolute atomic E-state index is 11.6. The number of ketones is 1. The van der Waals surface area contributed by atoms with Crippen LogP contribution in [0.25, 0.3) is 0 Å². The predicted octanol–water partition coefficient (Wildman–Crippen LogP) is 3.04. The lowest BCUT2D eigenvalue weighted by atomic mass is 10.2. The zero-order valence-electron chi connectivity index (χ0n) is 10.6. The number of halogens is 1. The van der Waals surface area contributed by atoms with Crippen LogP contribution in [0.3, 0.4) is 0 Å². The van der Waals surface area contributed by atoms with Crippen molar-refractivity contribution in [3.63, 3.8) is 0 Å². The lowest BCUT2D eigenvalue weighted by molar-refractivity contribution is -0.117. The fraction of sp³-hybridized carbons (Fsp3) is 0.500. The molecule has 0 bridgehead atoms. The predicted molar refractivity (Wildman–Crippen MR) is 72.3 cm³/mol. The highest BCUT2D eigenvalue weighted by Gasteiger charge is 2.16. The van der Waals surface area contributed by atoms with Crippen LogP contribution in [0.4, 0.5) is 4.79 Å². The molecule has 0 atom stereocenters. The first-order valence-electron chi connectivity index (χ1n) is 5.49. The topological polar surface area (TPSA) is 55.4 Å². The molecule has 0 aliphatic rings. The third-order valence-corrected chi connectivity index (χ3v) is 3.06. The fourth-order valence-corrected chi connectivity index (χ4v) is 2.30. The standard InChI is InChI=1S/C12H16ClNO3S/c1-12(2,3)17-11(16)14-7-8(15)6-9-4-5-10(13)18-9/h4-5H,6-7H2,1-3H3,(H,14,16). The van der Waals surface area contributed by atoms with E-state index in [0.717, 1.165) is 4.88 Å². The van der Waals surface area contributed by atoms with Gasteiger partial charge in [-0.2, -0.15) is 0 Å². The van der Waals surface area contributed by atoms with Gasteiger partial charge in [-0.1, -0.05) is 11.6 Å². The van der Waals surface area contributed by atoms with Gasteiger partial charge in [0.05, 0.1) is 10.9 Å². The van der Waals surface area contributed by atoms with Gasteiger partial charge in [0.2, 0.25) is 0 Å². The Morgan fingerprint density at radius 1 is 1.39 bits per heavy atom. The highest BCUT2D eigenvalue weighted by Crippen LogP contribution is 2.21. The van der Waals surface area contributed by atoms with Crippen LogP contribution in [0, 0.1) is 0 Å². The van der Waals surface area contributed by atoms with Crippen LogP contribution in [-0.4, -0.2) is 24.0 Å². The van der Waals surface area contributed by atoms with E-state index in [9.17, 15) is 9.59 Å². The number of hydrogen-bond acceptors (Lipinski definition) is 4. The quantitative estimate of drug-likeness (QED) is 0.927. The number of carbonyl (C=O) groups excluding carboxylic acids is 2. The van der Waals surface area contributed by atoms with Crippen molar-refractivity contribution in [2.24, 2.45) is 0 Å². The first-order valence-corrected chi connectivity index (χ1v) is 6.68. The Morgan fingerprint density at radius 3 is 2.56 bits per heavy atom. The SMILES string of the molecule is CC(C)(C)OC(=O)NCC(=O)Cc1ccc(Cl)s1.